The molecule has 0 atom stereocenters. The van der Waals surface area contributed by atoms with Gasteiger partial charge >= 0.3 is 0 Å². The fraction of sp³-hybridized carbons (Fsp3) is 0.500. The number of rotatable bonds is 0. The fourth-order valence-corrected chi connectivity index (χ4v) is 1.00. The van der Waals surface area contributed by atoms with Crippen LogP contribution in [-0.4, -0.2) is 0 Å². The lowest BCUT2D eigenvalue weighted by Gasteiger charge is -2.11. The van der Waals surface area contributed by atoms with E-state index in [1.54, 1.807) is 0 Å². The van der Waals surface area contributed by atoms with E-state index in [1.165, 1.54) is 11.1 Å². The van der Waals surface area contributed by atoms with Crippen LogP contribution in [0.3, 0.4) is 0 Å². The first-order valence-electron chi connectivity index (χ1n) is 3.32. The summed E-state index contributed by atoms with van der Waals surface area (Å²) in [6.07, 6.45) is 4.26. The molecule has 0 bridgehead atoms. The number of hydrogen-bond acceptors (Lipinski definition) is 1. The first kappa shape index (κ1) is 6.40. The minimum Gasteiger partial charge on any atom is -0.402 e. The van der Waals surface area contributed by atoms with Gasteiger partial charge in [-0.2, -0.15) is 0 Å². The highest BCUT2D eigenvalue weighted by molar-refractivity contribution is 5.29. The van der Waals surface area contributed by atoms with Gasteiger partial charge < -0.3 is 5.73 Å². The number of allylic oxidation sites excluding steroid dienone is 4. The molecule has 9 heavy (non-hydrogen) atoms. The molecule has 0 saturated heterocycles. The lowest BCUT2D eigenvalue weighted by molar-refractivity contribution is 0.875. The predicted octanol–water partition coefficient (Wildman–Crippen LogP) is 1.96. The summed E-state index contributed by atoms with van der Waals surface area (Å²) >= 11 is 0. The van der Waals surface area contributed by atoms with Crippen molar-refractivity contribution >= 4 is 0 Å². The SMILES string of the molecule is CC1=C(C)CCC(N)=C1. The zero-order valence-corrected chi connectivity index (χ0v) is 6.07. The van der Waals surface area contributed by atoms with Crippen LogP contribution in [0.5, 0.6) is 0 Å². The molecule has 0 unspecified atom stereocenters. The monoisotopic (exact) mass is 123 g/mol. The Kier molecular flexibility index (Phi) is 1.60. The van der Waals surface area contributed by atoms with Gasteiger partial charge in [-0.1, -0.05) is 11.1 Å². The predicted molar refractivity (Wildman–Crippen MR) is 39.9 cm³/mol. The molecule has 0 fully saturated rings. The Bertz CT molecular complexity index is 175. The van der Waals surface area contributed by atoms with Crippen molar-refractivity contribution in [2.45, 2.75) is 26.7 Å². The largest absolute Gasteiger partial charge is 0.402 e. The quantitative estimate of drug-likeness (QED) is 0.523. The summed E-state index contributed by atoms with van der Waals surface area (Å²) in [7, 11) is 0. The van der Waals surface area contributed by atoms with Gasteiger partial charge in [0.15, 0.2) is 0 Å². The maximum absolute atomic E-state index is 5.61. The van der Waals surface area contributed by atoms with Crippen LogP contribution in [0.15, 0.2) is 22.9 Å². The molecule has 1 nitrogen and oxygen atoms in total. The van der Waals surface area contributed by atoms with E-state index in [-0.39, 0.29) is 0 Å². The molecular formula is C8H13N. The van der Waals surface area contributed by atoms with Crippen LogP contribution in [0, 0.1) is 0 Å². The Morgan fingerprint density at radius 1 is 1.33 bits per heavy atom. The Balaban J connectivity index is 2.83. The molecule has 2 N–H and O–H groups in total. The van der Waals surface area contributed by atoms with Gasteiger partial charge in [-0.25, -0.2) is 0 Å². The van der Waals surface area contributed by atoms with E-state index in [2.05, 4.69) is 19.9 Å². The molecule has 0 aromatic carbocycles. The van der Waals surface area contributed by atoms with Crippen LogP contribution in [0.4, 0.5) is 0 Å². The minimum atomic E-state index is 1.03. The van der Waals surface area contributed by atoms with Gasteiger partial charge in [0, 0.05) is 5.70 Å². The first-order valence-corrected chi connectivity index (χ1v) is 3.32. The van der Waals surface area contributed by atoms with Gasteiger partial charge in [0.05, 0.1) is 0 Å². The van der Waals surface area contributed by atoms with E-state index in [1.807, 2.05) is 0 Å². The Hall–Kier alpha value is -0.720. The Morgan fingerprint density at radius 2 is 2.00 bits per heavy atom. The zero-order chi connectivity index (χ0) is 6.85. The summed E-state index contributed by atoms with van der Waals surface area (Å²) < 4.78 is 0. The Labute approximate surface area is 56.2 Å². The second-order valence-electron chi connectivity index (χ2n) is 2.68. The Morgan fingerprint density at radius 3 is 2.44 bits per heavy atom. The molecule has 1 aliphatic carbocycles. The zero-order valence-electron chi connectivity index (χ0n) is 6.07. The van der Waals surface area contributed by atoms with Gasteiger partial charge in [-0.15, -0.1) is 0 Å². The van der Waals surface area contributed by atoms with E-state index >= 15 is 0 Å². The molecule has 1 heteroatoms. The average molecular weight is 123 g/mol. The number of nitrogens with two attached hydrogens (primary N) is 1. The molecule has 0 amide bonds. The lowest BCUT2D eigenvalue weighted by atomic mass is 9.98. The van der Waals surface area contributed by atoms with Crippen molar-refractivity contribution in [2.75, 3.05) is 0 Å². The van der Waals surface area contributed by atoms with Gasteiger partial charge in [0.2, 0.25) is 0 Å². The molecule has 50 valence electrons. The van der Waals surface area contributed by atoms with Crippen molar-refractivity contribution in [3.63, 3.8) is 0 Å². The van der Waals surface area contributed by atoms with Crippen LogP contribution in [0.1, 0.15) is 26.7 Å². The van der Waals surface area contributed by atoms with Crippen molar-refractivity contribution < 1.29 is 0 Å². The number of hydrogen-bond donors (Lipinski definition) is 1. The topological polar surface area (TPSA) is 26.0 Å². The van der Waals surface area contributed by atoms with Gasteiger partial charge in [-0.3, -0.25) is 0 Å². The molecule has 1 rings (SSSR count). The normalized spacial score (nSPS) is 20.0. The highest BCUT2D eigenvalue weighted by Gasteiger charge is 2.02. The van der Waals surface area contributed by atoms with Crippen LogP contribution >= 0.6 is 0 Å². The summed E-state index contributed by atoms with van der Waals surface area (Å²) in [6.45, 7) is 4.28. The highest BCUT2D eigenvalue weighted by Crippen LogP contribution is 2.19. The maximum atomic E-state index is 5.61. The molecule has 0 radical (unpaired) electrons. The smallest absolute Gasteiger partial charge is 0.00863 e. The standard InChI is InChI=1S/C8H13N/c1-6-3-4-8(9)5-7(6)2/h5H,3-4,9H2,1-2H3. The summed E-state index contributed by atoms with van der Waals surface area (Å²) in [6, 6.07) is 0. The highest BCUT2D eigenvalue weighted by atomic mass is 14.6. The van der Waals surface area contributed by atoms with Gasteiger partial charge in [-0.05, 0) is 32.8 Å². The van der Waals surface area contributed by atoms with Crippen molar-refractivity contribution in [1.29, 1.82) is 0 Å². The van der Waals surface area contributed by atoms with Crippen molar-refractivity contribution in [2.24, 2.45) is 5.73 Å². The van der Waals surface area contributed by atoms with Crippen LogP contribution in [0.25, 0.3) is 0 Å². The van der Waals surface area contributed by atoms with Crippen LogP contribution in [-0.2, 0) is 0 Å². The van der Waals surface area contributed by atoms with E-state index in [4.69, 9.17) is 5.73 Å². The summed E-state index contributed by atoms with van der Waals surface area (Å²) in [5, 5.41) is 0. The summed E-state index contributed by atoms with van der Waals surface area (Å²) in [5.41, 5.74) is 9.46. The van der Waals surface area contributed by atoms with E-state index in [0.29, 0.717) is 0 Å². The third-order valence-electron chi connectivity index (χ3n) is 1.86. The van der Waals surface area contributed by atoms with Gasteiger partial charge in [0.25, 0.3) is 0 Å². The van der Waals surface area contributed by atoms with Crippen molar-refractivity contribution in [3.8, 4) is 0 Å². The second kappa shape index (κ2) is 2.26. The molecule has 0 aromatic heterocycles. The van der Waals surface area contributed by atoms with Crippen LogP contribution < -0.4 is 5.73 Å². The van der Waals surface area contributed by atoms with E-state index < -0.39 is 0 Å². The molecule has 0 saturated carbocycles. The van der Waals surface area contributed by atoms with E-state index in [0.717, 1.165) is 18.5 Å². The third kappa shape index (κ3) is 1.35. The molecule has 0 aromatic rings. The summed E-state index contributed by atoms with van der Waals surface area (Å²) in [5.74, 6) is 0. The lowest BCUT2D eigenvalue weighted by Crippen LogP contribution is -2.02. The minimum absolute atomic E-state index is 1.03. The second-order valence-corrected chi connectivity index (χ2v) is 2.68. The van der Waals surface area contributed by atoms with Gasteiger partial charge in [0.1, 0.15) is 0 Å². The van der Waals surface area contributed by atoms with Crippen molar-refractivity contribution in [1.82, 2.24) is 0 Å². The van der Waals surface area contributed by atoms with Crippen LogP contribution in [0.2, 0.25) is 0 Å². The molecule has 1 aliphatic rings. The first-order chi connectivity index (χ1) is 4.20. The summed E-state index contributed by atoms with van der Waals surface area (Å²) in [4.78, 5) is 0. The van der Waals surface area contributed by atoms with Crippen molar-refractivity contribution in [3.05, 3.63) is 22.9 Å². The molecule has 0 spiro atoms. The molecular weight excluding hydrogens is 110 g/mol. The third-order valence-corrected chi connectivity index (χ3v) is 1.86. The fourth-order valence-electron chi connectivity index (χ4n) is 1.00. The maximum Gasteiger partial charge on any atom is 0.00863 e. The molecule has 0 heterocycles. The average Bonchev–Trinajstić information content (AvgIpc) is 1.80. The van der Waals surface area contributed by atoms with E-state index in [9.17, 15) is 0 Å². The molecule has 0 aliphatic heterocycles.